The van der Waals surface area contributed by atoms with E-state index < -0.39 is 0 Å². The molecule has 0 aliphatic heterocycles. The number of aryl methyl sites for hydroxylation is 1. The van der Waals surface area contributed by atoms with Crippen LogP contribution in [0.1, 0.15) is 29.4 Å². The van der Waals surface area contributed by atoms with Crippen molar-refractivity contribution in [2.45, 2.75) is 19.9 Å². The number of carbonyl (C=O) groups is 1. The molecule has 0 amide bonds. The normalized spacial score (nSPS) is 10.7. The van der Waals surface area contributed by atoms with Crippen LogP contribution in [0.3, 0.4) is 0 Å². The number of nitrogens with two attached hydrogens (primary N) is 1. The van der Waals surface area contributed by atoms with Crippen LogP contribution < -0.4 is 5.73 Å². The molecule has 0 aliphatic carbocycles. The van der Waals surface area contributed by atoms with Crippen LogP contribution in [0.15, 0.2) is 24.4 Å². The zero-order valence-corrected chi connectivity index (χ0v) is 11.9. The maximum atomic E-state index is 12.5. The molecule has 2 rings (SSSR count). The van der Waals surface area contributed by atoms with Crippen LogP contribution >= 0.6 is 23.2 Å². The van der Waals surface area contributed by atoms with Crippen LogP contribution in [0.5, 0.6) is 0 Å². The Morgan fingerprint density at radius 1 is 1.37 bits per heavy atom. The largest absolute Gasteiger partial charge is 0.399 e. The van der Waals surface area contributed by atoms with E-state index in [2.05, 4.69) is 5.10 Å². The molecule has 1 heterocycles. The Hall–Kier alpha value is -1.52. The van der Waals surface area contributed by atoms with Gasteiger partial charge < -0.3 is 5.73 Å². The van der Waals surface area contributed by atoms with E-state index in [-0.39, 0.29) is 5.78 Å². The van der Waals surface area contributed by atoms with Crippen LogP contribution in [0, 0.1) is 0 Å². The molecule has 0 saturated carbocycles. The van der Waals surface area contributed by atoms with Gasteiger partial charge >= 0.3 is 0 Å². The van der Waals surface area contributed by atoms with E-state index in [0.717, 1.165) is 6.42 Å². The van der Waals surface area contributed by atoms with Gasteiger partial charge in [0.15, 0.2) is 0 Å². The van der Waals surface area contributed by atoms with E-state index in [9.17, 15) is 4.79 Å². The number of carbonyl (C=O) groups excluding carboxylic acids is 1. The van der Waals surface area contributed by atoms with Gasteiger partial charge in [-0.1, -0.05) is 30.1 Å². The Balaban J connectivity index is 2.46. The average Bonchev–Trinajstić information content (AvgIpc) is 2.70. The fraction of sp³-hybridized carbons (Fsp3) is 0.231. The third-order valence-electron chi connectivity index (χ3n) is 2.68. The third-order valence-corrected chi connectivity index (χ3v) is 3.27. The predicted octanol–water partition coefficient (Wildman–Crippen LogP) is 3.41. The lowest BCUT2D eigenvalue weighted by molar-refractivity contribution is 0.102. The van der Waals surface area contributed by atoms with Crippen molar-refractivity contribution >= 4 is 34.7 Å². The number of aromatic nitrogens is 2. The summed E-state index contributed by atoms with van der Waals surface area (Å²) in [6.45, 7) is 2.63. The van der Waals surface area contributed by atoms with Gasteiger partial charge in [0.2, 0.25) is 5.78 Å². The average molecular weight is 298 g/mol. The van der Waals surface area contributed by atoms with E-state index in [1.807, 2.05) is 6.92 Å². The molecule has 0 atom stereocenters. The minimum Gasteiger partial charge on any atom is -0.399 e. The summed E-state index contributed by atoms with van der Waals surface area (Å²) in [7, 11) is 0. The van der Waals surface area contributed by atoms with Crippen LogP contribution in [-0.4, -0.2) is 15.6 Å². The van der Waals surface area contributed by atoms with E-state index in [0.29, 0.717) is 33.5 Å². The first-order valence-corrected chi connectivity index (χ1v) is 6.61. The maximum absolute atomic E-state index is 12.5. The van der Waals surface area contributed by atoms with Crippen LogP contribution in [0.2, 0.25) is 10.0 Å². The zero-order valence-electron chi connectivity index (χ0n) is 10.4. The first kappa shape index (κ1) is 13.9. The highest BCUT2D eigenvalue weighted by Crippen LogP contribution is 2.25. The van der Waals surface area contributed by atoms with Gasteiger partial charge in [-0.05, 0) is 24.6 Å². The van der Waals surface area contributed by atoms with Crippen molar-refractivity contribution in [1.82, 2.24) is 9.78 Å². The lowest BCUT2D eigenvalue weighted by Crippen LogP contribution is -2.12. The lowest BCUT2D eigenvalue weighted by atomic mass is 10.1. The van der Waals surface area contributed by atoms with E-state index in [1.165, 1.54) is 6.20 Å². The van der Waals surface area contributed by atoms with E-state index in [1.54, 1.807) is 22.9 Å². The SMILES string of the molecule is CCCn1ncc(Cl)c1C(=O)c1ccc(N)cc1Cl. The second-order valence-corrected chi connectivity index (χ2v) is 4.95. The highest BCUT2D eigenvalue weighted by atomic mass is 35.5. The molecule has 0 radical (unpaired) electrons. The van der Waals surface area contributed by atoms with Crippen molar-refractivity contribution in [3.8, 4) is 0 Å². The molecule has 1 aromatic carbocycles. The molecule has 1 aromatic heterocycles. The first-order valence-electron chi connectivity index (χ1n) is 5.85. The van der Waals surface area contributed by atoms with Crippen LogP contribution in [-0.2, 0) is 6.54 Å². The van der Waals surface area contributed by atoms with E-state index >= 15 is 0 Å². The van der Waals surface area contributed by atoms with Crippen molar-refractivity contribution in [3.63, 3.8) is 0 Å². The smallest absolute Gasteiger partial charge is 0.214 e. The zero-order chi connectivity index (χ0) is 14.0. The number of benzene rings is 1. The molecule has 19 heavy (non-hydrogen) atoms. The van der Waals surface area contributed by atoms with Gasteiger partial charge in [-0.25, -0.2) is 0 Å². The summed E-state index contributed by atoms with van der Waals surface area (Å²) in [5.41, 5.74) is 6.85. The number of rotatable bonds is 4. The molecule has 0 saturated heterocycles. The molecule has 2 N–H and O–H groups in total. The number of anilines is 1. The van der Waals surface area contributed by atoms with Crippen molar-refractivity contribution in [2.75, 3.05) is 5.73 Å². The number of hydrogen-bond donors (Lipinski definition) is 1. The van der Waals surface area contributed by atoms with Gasteiger partial charge in [-0.3, -0.25) is 9.48 Å². The minimum atomic E-state index is -0.249. The van der Waals surface area contributed by atoms with Crippen molar-refractivity contribution < 1.29 is 4.79 Å². The highest BCUT2D eigenvalue weighted by Gasteiger charge is 2.21. The summed E-state index contributed by atoms with van der Waals surface area (Å²) in [5.74, 6) is -0.249. The summed E-state index contributed by atoms with van der Waals surface area (Å²) >= 11 is 12.1. The molecule has 4 nitrogen and oxygen atoms in total. The molecule has 0 aliphatic rings. The molecular weight excluding hydrogens is 285 g/mol. The summed E-state index contributed by atoms with van der Waals surface area (Å²) in [4.78, 5) is 12.5. The summed E-state index contributed by atoms with van der Waals surface area (Å²) < 4.78 is 1.59. The fourth-order valence-corrected chi connectivity index (χ4v) is 2.31. The maximum Gasteiger partial charge on any atom is 0.214 e. The van der Waals surface area contributed by atoms with Gasteiger partial charge in [-0.15, -0.1) is 0 Å². The first-order chi connectivity index (χ1) is 9.04. The second-order valence-electron chi connectivity index (χ2n) is 4.13. The van der Waals surface area contributed by atoms with Gasteiger partial charge in [-0.2, -0.15) is 5.10 Å². The Labute approximate surface area is 121 Å². The van der Waals surface area contributed by atoms with Crippen molar-refractivity contribution in [2.24, 2.45) is 0 Å². The second kappa shape index (κ2) is 5.63. The molecule has 0 bridgehead atoms. The monoisotopic (exact) mass is 297 g/mol. The summed E-state index contributed by atoms with van der Waals surface area (Å²) in [5, 5.41) is 4.73. The standard InChI is InChI=1S/C13H13Cl2N3O/c1-2-5-18-12(11(15)7-17-18)13(19)9-4-3-8(16)6-10(9)14/h3-4,6-7H,2,5,16H2,1H3. The van der Waals surface area contributed by atoms with Gasteiger partial charge in [0.05, 0.1) is 16.2 Å². The molecule has 100 valence electrons. The van der Waals surface area contributed by atoms with Gasteiger partial charge in [0, 0.05) is 17.8 Å². The number of hydrogen-bond acceptors (Lipinski definition) is 3. The topological polar surface area (TPSA) is 60.9 Å². The molecule has 0 fully saturated rings. The lowest BCUT2D eigenvalue weighted by Gasteiger charge is -2.08. The highest BCUT2D eigenvalue weighted by molar-refractivity contribution is 6.38. The number of halogens is 2. The minimum absolute atomic E-state index is 0.249. The van der Waals surface area contributed by atoms with Gasteiger partial charge in [0.25, 0.3) is 0 Å². The Kier molecular flexibility index (Phi) is 4.12. The summed E-state index contributed by atoms with van der Waals surface area (Å²) in [6.07, 6.45) is 2.32. The quantitative estimate of drug-likeness (QED) is 0.695. The van der Waals surface area contributed by atoms with E-state index in [4.69, 9.17) is 28.9 Å². The Morgan fingerprint density at radius 2 is 2.11 bits per heavy atom. The molecular formula is C13H13Cl2N3O. The number of ketones is 1. The van der Waals surface area contributed by atoms with Crippen molar-refractivity contribution in [1.29, 1.82) is 0 Å². The summed E-state index contributed by atoms with van der Waals surface area (Å²) in [6, 6.07) is 4.77. The molecule has 0 spiro atoms. The number of nitrogen functional groups attached to an aromatic ring is 1. The predicted molar refractivity (Wildman–Crippen MR) is 76.8 cm³/mol. The molecule has 2 aromatic rings. The van der Waals surface area contributed by atoms with Crippen LogP contribution in [0.25, 0.3) is 0 Å². The third kappa shape index (κ3) is 2.74. The molecule has 6 heteroatoms. The number of nitrogens with zero attached hydrogens (tertiary/aromatic N) is 2. The molecule has 0 unspecified atom stereocenters. The Morgan fingerprint density at radius 3 is 2.74 bits per heavy atom. The fourth-order valence-electron chi connectivity index (χ4n) is 1.81. The Bertz CT molecular complexity index is 622. The van der Waals surface area contributed by atoms with Gasteiger partial charge in [0.1, 0.15) is 5.69 Å². The van der Waals surface area contributed by atoms with Crippen molar-refractivity contribution in [3.05, 3.63) is 45.7 Å². The van der Waals surface area contributed by atoms with Crippen LogP contribution in [0.4, 0.5) is 5.69 Å².